The maximum atomic E-state index is 12.7. The van der Waals surface area contributed by atoms with Crippen LogP contribution in [0, 0.1) is 0 Å². The van der Waals surface area contributed by atoms with E-state index in [0.717, 1.165) is 11.1 Å². The van der Waals surface area contributed by atoms with Gasteiger partial charge in [0.1, 0.15) is 0 Å². The molecular formula is C23H27N3O4S. The molecule has 0 aromatic heterocycles. The first kappa shape index (κ1) is 22.7. The Bertz CT molecular complexity index is 1090. The molecule has 0 saturated carbocycles. The number of carbonyl (C=O) groups excluding carboxylic acids is 2. The van der Waals surface area contributed by atoms with E-state index in [-0.39, 0.29) is 23.1 Å². The van der Waals surface area contributed by atoms with Gasteiger partial charge >= 0.3 is 0 Å². The molecule has 1 N–H and O–H groups in total. The van der Waals surface area contributed by atoms with Gasteiger partial charge in [0.15, 0.2) is 0 Å². The highest BCUT2D eigenvalue weighted by atomic mass is 32.2. The van der Waals surface area contributed by atoms with Crippen molar-refractivity contribution in [3.8, 4) is 0 Å². The Balaban J connectivity index is 1.75. The largest absolute Gasteiger partial charge is 0.326 e. The predicted octanol–water partition coefficient (Wildman–Crippen LogP) is 3.62. The van der Waals surface area contributed by atoms with E-state index in [2.05, 4.69) is 5.32 Å². The van der Waals surface area contributed by atoms with Crippen LogP contribution in [-0.4, -0.2) is 42.5 Å². The fraction of sp³-hybridized carbons (Fsp3) is 0.304. The second-order valence-corrected chi connectivity index (χ2v) is 9.19. The van der Waals surface area contributed by atoms with Gasteiger partial charge in [-0.1, -0.05) is 38.1 Å². The average molecular weight is 442 g/mol. The Labute approximate surface area is 183 Å². The van der Waals surface area contributed by atoms with Crippen molar-refractivity contribution in [1.82, 2.24) is 9.21 Å². The SMILES string of the molecule is CCN(CC)S(=O)(=O)c1ccc(NC(=O)C[C@@H]2c3ccccc3C=CN2C(C)=O)cc1. The molecule has 0 spiro atoms. The quantitative estimate of drug-likeness (QED) is 0.711. The van der Waals surface area contributed by atoms with Gasteiger partial charge in [0.05, 0.1) is 17.4 Å². The summed E-state index contributed by atoms with van der Waals surface area (Å²) in [6, 6.07) is 13.4. The van der Waals surface area contributed by atoms with Gasteiger partial charge in [-0.15, -0.1) is 0 Å². The molecule has 2 amide bonds. The molecule has 31 heavy (non-hydrogen) atoms. The molecule has 0 unspecified atom stereocenters. The molecular weight excluding hydrogens is 414 g/mol. The molecule has 164 valence electrons. The number of hydrogen-bond donors (Lipinski definition) is 1. The van der Waals surface area contributed by atoms with E-state index in [1.165, 1.54) is 23.4 Å². The summed E-state index contributed by atoms with van der Waals surface area (Å²) in [7, 11) is -3.55. The van der Waals surface area contributed by atoms with Crippen molar-refractivity contribution in [3.63, 3.8) is 0 Å². The first-order valence-corrected chi connectivity index (χ1v) is 11.7. The highest BCUT2D eigenvalue weighted by Gasteiger charge is 2.28. The standard InChI is InChI=1S/C23H27N3O4S/c1-4-25(5-2)31(29,30)20-12-10-19(11-13-20)24-23(28)16-22-21-9-7-6-8-18(21)14-15-26(22)17(3)27/h6-15,22H,4-5,16H2,1-3H3,(H,24,28)/t22-/m1/s1. The fourth-order valence-corrected chi connectivity index (χ4v) is 5.18. The molecule has 0 saturated heterocycles. The highest BCUT2D eigenvalue weighted by Crippen LogP contribution is 2.33. The maximum absolute atomic E-state index is 12.7. The van der Waals surface area contributed by atoms with E-state index in [9.17, 15) is 18.0 Å². The molecule has 0 bridgehead atoms. The van der Waals surface area contributed by atoms with Crippen molar-refractivity contribution >= 4 is 33.6 Å². The van der Waals surface area contributed by atoms with Gasteiger partial charge in [0, 0.05) is 31.9 Å². The molecule has 0 radical (unpaired) electrons. The van der Waals surface area contributed by atoms with Gasteiger partial charge in [-0.2, -0.15) is 4.31 Å². The Morgan fingerprint density at radius 1 is 1.03 bits per heavy atom. The van der Waals surface area contributed by atoms with Crippen LogP contribution in [0.25, 0.3) is 6.08 Å². The summed E-state index contributed by atoms with van der Waals surface area (Å²) in [6.07, 6.45) is 3.65. The first-order valence-electron chi connectivity index (χ1n) is 10.2. The van der Waals surface area contributed by atoms with E-state index in [1.807, 2.05) is 30.3 Å². The summed E-state index contributed by atoms with van der Waals surface area (Å²) < 4.78 is 26.6. The minimum Gasteiger partial charge on any atom is -0.326 e. The molecule has 2 aromatic rings. The van der Waals surface area contributed by atoms with Crippen LogP contribution in [-0.2, 0) is 19.6 Å². The Kier molecular flexibility index (Phi) is 6.92. The Morgan fingerprint density at radius 3 is 2.29 bits per heavy atom. The van der Waals surface area contributed by atoms with Gasteiger partial charge in [-0.25, -0.2) is 8.42 Å². The van der Waals surface area contributed by atoms with Crippen molar-refractivity contribution in [2.75, 3.05) is 18.4 Å². The van der Waals surface area contributed by atoms with Crippen LogP contribution in [0.1, 0.15) is 44.4 Å². The lowest BCUT2D eigenvalue weighted by atomic mass is 9.93. The molecule has 7 nitrogen and oxygen atoms in total. The lowest BCUT2D eigenvalue weighted by Gasteiger charge is -2.32. The van der Waals surface area contributed by atoms with Crippen molar-refractivity contribution in [2.45, 2.75) is 38.1 Å². The highest BCUT2D eigenvalue weighted by molar-refractivity contribution is 7.89. The van der Waals surface area contributed by atoms with Gasteiger partial charge in [0.2, 0.25) is 21.8 Å². The van der Waals surface area contributed by atoms with Crippen LogP contribution in [0.4, 0.5) is 5.69 Å². The van der Waals surface area contributed by atoms with E-state index < -0.39 is 16.1 Å². The molecule has 8 heteroatoms. The second-order valence-electron chi connectivity index (χ2n) is 7.25. The number of fused-ring (bicyclic) bond motifs is 1. The van der Waals surface area contributed by atoms with Gasteiger partial charge in [0.25, 0.3) is 0 Å². The van der Waals surface area contributed by atoms with Crippen LogP contribution >= 0.6 is 0 Å². The molecule has 1 heterocycles. The molecule has 1 aliphatic heterocycles. The minimum atomic E-state index is -3.55. The van der Waals surface area contributed by atoms with Crippen molar-refractivity contribution in [2.24, 2.45) is 0 Å². The smallest absolute Gasteiger partial charge is 0.243 e. The summed E-state index contributed by atoms with van der Waals surface area (Å²) in [5.41, 5.74) is 2.39. The molecule has 0 fully saturated rings. The van der Waals surface area contributed by atoms with Crippen molar-refractivity contribution in [3.05, 3.63) is 65.9 Å². The lowest BCUT2D eigenvalue weighted by molar-refractivity contribution is -0.129. The Hall–Kier alpha value is -2.97. The van der Waals surface area contributed by atoms with E-state index >= 15 is 0 Å². The number of sulfonamides is 1. The van der Waals surface area contributed by atoms with E-state index in [0.29, 0.717) is 18.8 Å². The predicted molar refractivity (Wildman–Crippen MR) is 121 cm³/mol. The average Bonchev–Trinajstić information content (AvgIpc) is 2.74. The molecule has 3 rings (SSSR count). The normalized spacial score (nSPS) is 15.6. The third-order valence-electron chi connectivity index (χ3n) is 5.33. The summed E-state index contributed by atoms with van der Waals surface area (Å²) in [6.45, 7) is 5.83. The van der Waals surface area contributed by atoms with E-state index in [1.54, 1.807) is 37.1 Å². The minimum absolute atomic E-state index is 0.0838. The number of amides is 2. The van der Waals surface area contributed by atoms with Crippen LogP contribution in [0.5, 0.6) is 0 Å². The van der Waals surface area contributed by atoms with Gasteiger partial charge in [-0.3, -0.25) is 9.59 Å². The van der Waals surface area contributed by atoms with Crippen molar-refractivity contribution in [1.29, 1.82) is 0 Å². The third-order valence-corrected chi connectivity index (χ3v) is 7.39. The van der Waals surface area contributed by atoms with Crippen LogP contribution in [0.3, 0.4) is 0 Å². The van der Waals surface area contributed by atoms with Crippen LogP contribution in [0.2, 0.25) is 0 Å². The summed E-state index contributed by atoms with van der Waals surface area (Å²) >= 11 is 0. The zero-order valence-corrected chi connectivity index (χ0v) is 18.7. The number of anilines is 1. The number of nitrogens with one attached hydrogen (secondary N) is 1. The number of hydrogen-bond acceptors (Lipinski definition) is 4. The summed E-state index contributed by atoms with van der Waals surface area (Å²) in [5, 5.41) is 2.81. The van der Waals surface area contributed by atoms with Crippen LogP contribution in [0.15, 0.2) is 59.6 Å². The van der Waals surface area contributed by atoms with Crippen LogP contribution < -0.4 is 5.32 Å². The molecule has 2 aromatic carbocycles. The maximum Gasteiger partial charge on any atom is 0.243 e. The number of nitrogens with zero attached hydrogens (tertiary/aromatic N) is 2. The zero-order chi connectivity index (χ0) is 22.6. The lowest BCUT2D eigenvalue weighted by Crippen LogP contribution is -2.33. The molecule has 1 atom stereocenters. The second kappa shape index (κ2) is 9.45. The topological polar surface area (TPSA) is 86.8 Å². The molecule has 0 aliphatic carbocycles. The first-order chi connectivity index (χ1) is 14.8. The monoisotopic (exact) mass is 441 g/mol. The zero-order valence-electron chi connectivity index (χ0n) is 17.9. The number of carbonyl (C=O) groups is 2. The Morgan fingerprint density at radius 2 is 1.68 bits per heavy atom. The number of rotatable bonds is 7. The van der Waals surface area contributed by atoms with Crippen molar-refractivity contribution < 1.29 is 18.0 Å². The summed E-state index contributed by atoms with van der Waals surface area (Å²) in [4.78, 5) is 26.6. The number of benzene rings is 2. The summed E-state index contributed by atoms with van der Waals surface area (Å²) in [5.74, 6) is -0.407. The van der Waals surface area contributed by atoms with Gasteiger partial charge < -0.3 is 10.2 Å². The van der Waals surface area contributed by atoms with E-state index in [4.69, 9.17) is 0 Å². The fourth-order valence-electron chi connectivity index (χ4n) is 3.72. The molecule has 1 aliphatic rings. The third kappa shape index (κ3) is 4.86. The van der Waals surface area contributed by atoms with Gasteiger partial charge in [-0.05, 0) is 41.5 Å².